The van der Waals surface area contributed by atoms with E-state index in [1.807, 2.05) is 0 Å². The fourth-order valence-electron chi connectivity index (χ4n) is 4.56. The van der Waals surface area contributed by atoms with Crippen LogP contribution < -0.4 is 10.6 Å². The molecule has 0 aliphatic carbocycles. The quantitative estimate of drug-likeness (QED) is 0.717. The van der Waals surface area contributed by atoms with E-state index in [2.05, 4.69) is 59.7 Å². The molecule has 0 radical (unpaired) electrons. The summed E-state index contributed by atoms with van der Waals surface area (Å²) in [5, 5.41) is 6.73. The topological polar surface area (TPSA) is 44.4 Å². The fourth-order valence-corrected chi connectivity index (χ4v) is 4.56. The molecule has 2 saturated heterocycles. The standard InChI is InChI=1S/C22H35N3O.2ClH/c1-17(20-8-11-23-12-9-20)14-22(26)24-21-10-13-25(18(2)15-21)16-19-6-4-3-5-7-19;;/h3-7,17-18,20-21,23H,8-16H2,1-2H3,(H,24,26);2*1H. The lowest BCUT2D eigenvalue weighted by Gasteiger charge is -2.38. The average Bonchev–Trinajstić information content (AvgIpc) is 2.65. The molecule has 0 saturated carbocycles. The number of hydrogen-bond acceptors (Lipinski definition) is 3. The van der Waals surface area contributed by atoms with Crippen molar-refractivity contribution in [3.05, 3.63) is 35.9 Å². The first kappa shape index (κ1) is 25.2. The molecule has 3 rings (SSSR count). The molecule has 28 heavy (non-hydrogen) atoms. The summed E-state index contributed by atoms with van der Waals surface area (Å²) in [5.74, 6) is 1.45. The van der Waals surface area contributed by atoms with Crippen molar-refractivity contribution in [2.24, 2.45) is 11.8 Å². The molecule has 2 aliphatic rings. The third-order valence-corrected chi connectivity index (χ3v) is 6.30. The molecule has 4 nitrogen and oxygen atoms in total. The SMILES string of the molecule is CC(CC(=O)NC1CCN(Cc2ccccc2)C(C)C1)C1CCNCC1.Cl.Cl. The Balaban J connectivity index is 0.00000196. The van der Waals surface area contributed by atoms with Crippen LogP contribution in [0.5, 0.6) is 0 Å². The summed E-state index contributed by atoms with van der Waals surface area (Å²) in [7, 11) is 0. The average molecular weight is 430 g/mol. The van der Waals surface area contributed by atoms with Crippen molar-refractivity contribution in [3.63, 3.8) is 0 Å². The Bertz CT molecular complexity index is 566. The first-order chi connectivity index (χ1) is 12.6. The number of carbonyl (C=O) groups is 1. The third kappa shape index (κ3) is 7.55. The molecule has 160 valence electrons. The Kier molecular flexibility index (Phi) is 11.4. The summed E-state index contributed by atoms with van der Waals surface area (Å²) < 4.78 is 0. The second-order valence-corrected chi connectivity index (χ2v) is 8.36. The molecule has 2 fully saturated rings. The summed E-state index contributed by atoms with van der Waals surface area (Å²) in [6.07, 6.45) is 5.22. The number of carbonyl (C=O) groups excluding carboxylic acids is 1. The lowest BCUT2D eigenvalue weighted by molar-refractivity contribution is -0.123. The Labute approximate surface area is 183 Å². The van der Waals surface area contributed by atoms with Gasteiger partial charge in [0.05, 0.1) is 0 Å². The van der Waals surface area contributed by atoms with E-state index in [0.29, 0.717) is 30.3 Å². The number of piperidine rings is 2. The maximum absolute atomic E-state index is 12.5. The van der Waals surface area contributed by atoms with E-state index in [4.69, 9.17) is 0 Å². The zero-order valence-electron chi connectivity index (χ0n) is 17.2. The number of likely N-dealkylation sites (tertiary alicyclic amines) is 1. The molecule has 6 heteroatoms. The lowest BCUT2D eigenvalue weighted by atomic mass is 9.84. The first-order valence-electron chi connectivity index (χ1n) is 10.4. The van der Waals surface area contributed by atoms with Crippen LogP contribution in [-0.4, -0.2) is 42.5 Å². The molecule has 1 aromatic carbocycles. The molecular formula is C22H37Cl2N3O. The summed E-state index contributed by atoms with van der Waals surface area (Å²) >= 11 is 0. The highest BCUT2D eigenvalue weighted by Gasteiger charge is 2.28. The van der Waals surface area contributed by atoms with E-state index in [-0.39, 0.29) is 30.7 Å². The van der Waals surface area contributed by atoms with Gasteiger partial charge >= 0.3 is 0 Å². The van der Waals surface area contributed by atoms with Gasteiger partial charge in [0.25, 0.3) is 0 Å². The summed E-state index contributed by atoms with van der Waals surface area (Å²) in [5.41, 5.74) is 1.37. The fraction of sp³-hybridized carbons (Fsp3) is 0.682. The molecule has 1 amide bonds. The Morgan fingerprint density at radius 3 is 2.50 bits per heavy atom. The van der Waals surface area contributed by atoms with Gasteiger partial charge in [0, 0.05) is 31.6 Å². The van der Waals surface area contributed by atoms with Crippen molar-refractivity contribution < 1.29 is 4.79 Å². The Morgan fingerprint density at radius 1 is 1.18 bits per heavy atom. The largest absolute Gasteiger partial charge is 0.353 e. The van der Waals surface area contributed by atoms with E-state index in [0.717, 1.165) is 39.0 Å². The molecule has 0 aromatic heterocycles. The maximum atomic E-state index is 12.5. The van der Waals surface area contributed by atoms with Gasteiger partial charge < -0.3 is 10.6 Å². The van der Waals surface area contributed by atoms with Gasteiger partial charge in [0.15, 0.2) is 0 Å². The van der Waals surface area contributed by atoms with Crippen LogP contribution in [0.3, 0.4) is 0 Å². The molecular weight excluding hydrogens is 393 g/mol. The smallest absolute Gasteiger partial charge is 0.220 e. The maximum Gasteiger partial charge on any atom is 0.220 e. The highest BCUT2D eigenvalue weighted by Crippen LogP contribution is 2.25. The van der Waals surface area contributed by atoms with Crippen molar-refractivity contribution in [2.75, 3.05) is 19.6 Å². The number of halogens is 2. The van der Waals surface area contributed by atoms with Crippen LogP contribution in [0.1, 0.15) is 51.5 Å². The molecule has 2 N–H and O–H groups in total. The van der Waals surface area contributed by atoms with E-state index in [1.165, 1.54) is 18.4 Å². The number of hydrogen-bond donors (Lipinski definition) is 2. The summed E-state index contributed by atoms with van der Waals surface area (Å²) in [6.45, 7) is 8.82. The van der Waals surface area contributed by atoms with Gasteiger partial charge in [-0.15, -0.1) is 24.8 Å². The number of nitrogens with one attached hydrogen (secondary N) is 2. The van der Waals surface area contributed by atoms with Crippen LogP contribution in [-0.2, 0) is 11.3 Å². The lowest BCUT2D eigenvalue weighted by Crippen LogP contribution is -2.48. The molecule has 3 unspecified atom stereocenters. The molecule has 2 heterocycles. The zero-order valence-corrected chi connectivity index (χ0v) is 18.9. The van der Waals surface area contributed by atoms with Crippen molar-refractivity contribution in [2.45, 2.75) is 64.6 Å². The van der Waals surface area contributed by atoms with Gasteiger partial charge in [-0.05, 0) is 63.1 Å². The highest BCUT2D eigenvalue weighted by atomic mass is 35.5. The van der Waals surface area contributed by atoms with Gasteiger partial charge in [-0.3, -0.25) is 9.69 Å². The van der Waals surface area contributed by atoms with Crippen LogP contribution in [0, 0.1) is 11.8 Å². The van der Waals surface area contributed by atoms with Gasteiger partial charge in [0.2, 0.25) is 5.91 Å². The minimum absolute atomic E-state index is 0. The van der Waals surface area contributed by atoms with Crippen LogP contribution in [0.15, 0.2) is 30.3 Å². The Morgan fingerprint density at radius 2 is 1.86 bits per heavy atom. The van der Waals surface area contributed by atoms with Crippen LogP contribution in [0.2, 0.25) is 0 Å². The summed E-state index contributed by atoms with van der Waals surface area (Å²) in [4.78, 5) is 15.0. The highest BCUT2D eigenvalue weighted by molar-refractivity contribution is 5.85. The van der Waals surface area contributed by atoms with E-state index >= 15 is 0 Å². The van der Waals surface area contributed by atoms with Crippen molar-refractivity contribution in [1.29, 1.82) is 0 Å². The number of benzene rings is 1. The zero-order chi connectivity index (χ0) is 18.4. The minimum atomic E-state index is 0. The first-order valence-corrected chi connectivity index (χ1v) is 10.4. The van der Waals surface area contributed by atoms with Crippen LogP contribution in [0.4, 0.5) is 0 Å². The third-order valence-electron chi connectivity index (χ3n) is 6.30. The van der Waals surface area contributed by atoms with Gasteiger partial charge in [-0.2, -0.15) is 0 Å². The van der Waals surface area contributed by atoms with E-state index in [1.54, 1.807) is 0 Å². The predicted octanol–water partition coefficient (Wildman–Crippen LogP) is 4.03. The van der Waals surface area contributed by atoms with Crippen LogP contribution in [0.25, 0.3) is 0 Å². The number of rotatable bonds is 6. The number of nitrogens with zero attached hydrogens (tertiary/aromatic N) is 1. The van der Waals surface area contributed by atoms with Crippen molar-refractivity contribution in [1.82, 2.24) is 15.5 Å². The number of amides is 1. The van der Waals surface area contributed by atoms with E-state index < -0.39 is 0 Å². The monoisotopic (exact) mass is 429 g/mol. The van der Waals surface area contributed by atoms with E-state index in [9.17, 15) is 4.79 Å². The van der Waals surface area contributed by atoms with Gasteiger partial charge in [-0.25, -0.2) is 0 Å². The molecule has 0 bridgehead atoms. The summed E-state index contributed by atoms with van der Waals surface area (Å²) in [6, 6.07) is 11.5. The second kappa shape index (κ2) is 12.7. The minimum Gasteiger partial charge on any atom is -0.353 e. The predicted molar refractivity (Wildman–Crippen MR) is 121 cm³/mol. The van der Waals surface area contributed by atoms with Gasteiger partial charge in [0.1, 0.15) is 0 Å². The molecule has 2 aliphatic heterocycles. The van der Waals surface area contributed by atoms with Crippen molar-refractivity contribution in [3.8, 4) is 0 Å². The second-order valence-electron chi connectivity index (χ2n) is 8.36. The molecule has 3 atom stereocenters. The van der Waals surface area contributed by atoms with Gasteiger partial charge in [-0.1, -0.05) is 37.3 Å². The normalized spacial score (nSPS) is 24.5. The molecule has 0 spiro atoms. The Hall–Kier alpha value is -0.810. The molecule has 1 aromatic rings. The van der Waals surface area contributed by atoms with Crippen molar-refractivity contribution >= 4 is 30.7 Å². The van der Waals surface area contributed by atoms with Crippen LogP contribution >= 0.6 is 24.8 Å².